The number of hydrogen-bond donors (Lipinski definition) is 4. The molecular weight excluding hydrogens is 522 g/mol. The van der Waals surface area contributed by atoms with Crippen LogP contribution in [0.1, 0.15) is 29.5 Å². The molecule has 5 rings (SSSR count). The van der Waals surface area contributed by atoms with E-state index in [0.717, 1.165) is 19.4 Å². The van der Waals surface area contributed by atoms with Crippen LogP contribution in [0.5, 0.6) is 5.75 Å². The lowest BCUT2D eigenvalue weighted by atomic mass is 9.97. The fourth-order valence-corrected chi connectivity index (χ4v) is 4.90. The number of rotatable bonds is 6. The highest BCUT2D eigenvalue weighted by Gasteiger charge is 2.23. The number of aromatic nitrogens is 1. The topological polar surface area (TPSA) is 127 Å². The summed E-state index contributed by atoms with van der Waals surface area (Å²) in [5.74, 6) is -0.388. The first-order chi connectivity index (χ1) is 18.0. The van der Waals surface area contributed by atoms with Crippen molar-refractivity contribution in [3.8, 4) is 34.2 Å². The number of hydrogen-bond acceptors (Lipinski definition) is 7. The van der Waals surface area contributed by atoms with Crippen molar-refractivity contribution in [2.75, 3.05) is 17.2 Å². The molecule has 10 heteroatoms. The van der Waals surface area contributed by atoms with Crippen molar-refractivity contribution in [3.63, 3.8) is 0 Å². The van der Waals surface area contributed by atoms with Gasteiger partial charge >= 0.3 is 0 Å². The Morgan fingerprint density at radius 2 is 1.92 bits per heavy atom. The monoisotopic (exact) mass is 548 g/mol. The molecule has 2 aromatic carbocycles. The number of phenolic OH excluding ortho intramolecular Hbond substituents is 1. The van der Waals surface area contributed by atoms with Gasteiger partial charge in [0.1, 0.15) is 17.4 Å². The highest BCUT2D eigenvalue weighted by atomic mass is 35.5. The van der Waals surface area contributed by atoms with Crippen LogP contribution in [0, 0.1) is 11.3 Å². The van der Waals surface area contributed by atoms with Gasteiger partial charge < -0.3 is 21.1 Å². The van der Waals surface area contributed by atoms with Crippen molar-refractivity contribution in [3.05, 3.63) is 82.6 Å². The molecule has 0 saturated carbocycles. The summed E-state index contributed by atoms with van der Waals surface area (Å²) < 4.78 is 0. The van der Waals surface area contributed by atoms with Crippen LogP contribution in [0.2, 0.25) is 0 Å². The van der Waals surface area contributed by atoms with Gasteiger partial charge in [0.15, 0.2) is 5.82 Å². The van der Waals surface area contributed by atoms with Crippen molar-refractivity contribution in [1.29, 1.82) is 5.26 Å². The van der Waals surface area contributed by atoms with Crippen molar-refractivity contribution in [2.24, 2.45) is 0 Å². The minimum Gasteiger partial charge on any atom is -0.507 e. The molecule has 0 aliphatic carbocycles. The molecule has 8 nitrogen and oxygen atoms in total. The van der Waals surface area contributed by atoms with Gasteiger partial charge in [-0.3, -0.25) is 9.59 Å². The number of nitriles is 1. The second-order valence-electron chi connectivity index (χ2n) is 8.56. The van der Waals surface area contributed by atoms with E-state index in [4.69, 9.17) is 0 Å². The fraction of sp³-hybridized carbons (Fsp3) is 0.143. The minimum atomic E-state index is -0.385. The van der Waals surface area contributed by atoms with E-state index in [2.05, 4.69) is 27.0 Å². The Morgan fingerprint density at radius 1 is 1.08 bits per heavy atom. The molecule has 0 spiro atoms. The Morgan fingerprint density at radius 3 is 2.63 bits per heavy atom. The third-order valence-corrected chi connectivity index (χ3v) is 6.97. The fourth-order valence-electron chi connectivity index (χ4n) is 4.28. The highest BCUT2D eigenvalue weighted by Crippen LogP contribution is 2.36. The summed E-state index contributed by atoms with van der Waals surface area (Å²) in [6, 6.07) is 21.0. The van der Waals surface area contributed by atoms with E-state index >= 15 is 0 Å². The number of anilines is 2. The van der Waals surface area contributed by atoms with Gasteiger partial charge in [-0.05, 0) is 66.7 Å². The van der Waals surface area contributed by atoms with E-state index in [9.17, 15) is 20.0 Å². The number of thiophene rings is 1. The zero-order valence-corrected chi connectivity index (χ0v) is 21.7. The summed E-state index contributed by atoms with van der Waals surface area (Å²) in [6.45, 7) is 0.815. The van der Waals surface area contributed by atoms with Gasteiger partial charge in [-0.2, -0.15) is 5.26 Å². The van der Waals surface area contributed by atoms with Gasteiger partial charge in [-0.25, -0.2) is 4.98 Å². The number of carbonyl (C=O) groups is 2. The number of amides is 2. The summed E-state index contributed by atoms with van der Waals surface area (Å²) in [4.78, 5) is 30.5. The van der Waals surface area contributed by atoms with Crippen LogP contribution in [-0.4, -0.2) is 34.5 Å². The van der Waals surface area contributed by atoms with E-state index in [1.807, 2.05) is 6.07 Å². The second kappa shape index (κ2) is 11.9. The normalized spacial score (nSPS) is 14.2. The zero-order chi connectivity index (χ0) is 25.8. The highest BCUT2D eigenvalue weighted by molar-refractivity contribution is 7.12. The Bertz CT molecular complexity index is 1520. The van der Waals surface area contributed by atoms with Crippen LogP contribution in [-0.2, 0) is 4.79 Å². The average molecular weight is 549 g/mol. The number of carbonyl (C=O) groups excluding carboxylic acids is 2. The van der Waals surface area contributed by atoms with E-state index in [0.29, 0.717) is 32.9 Å². The summed E-state index contributed by atoms with van der Waals surface area (Å²) in [7, 11) is 0. The molecule has 38 heavy (non-hydrogen) atoms. The molecule has 1 aliphatic heterocycles. The maximum atomic E-state index is 12.9. The van der Waals surface area contributed by atoms with Crippen LogP contribution < -0.4 is 16.0 Å². The van der Waals surface area contributed by atoms with Crippen LogP contribution >= 0.6 is 23.7 Å². The van der Waals surface area contributed by atoms with Gasteiger partial charge in [0.05, 0.1) is 16.6 Å². The van der Waals surface area contributed by atoms with Crippen LogP contribution in [0.25, 0.3) is 22.4 Å². The van der Waals surface area contributed by atoms with Gasteiger partial charge in [-0.1, -0.05) is 30.3 Å². The molecule has 2 amide bonds. The van der Waals surface area contributed by atoms with Crippen LogP contribution in [0.15, 0.2) is 72.1 Å². The molecule has 1 atom stereocenters. The molecule has 1 fully saturated rings. The van der Waals surface area contributed by atoms with Gasteiger partial charge in [0.25, 0.3) is 5.91 Å². The Kier molecular flexibility index (Phi) is 8.38. The number of nitrogens with one attached hydrogen (secondary N) is 3. The predicted molar refractivity (Wildman–Crippen MR) is 153 cm³/mol. The lowest BCUT2D eigenvalue weighted by molar-refractivity contribution is -0.117. The second-order valence-corrected chi connectivity index (χ2v) is 9.51. The molecule has 194 valence electrons. The maximum absolute atomic E-state index is 12.9. The molecule has 1 unspecified atom stereocenters. The van der Waals surface area contributed by atoms with Crippen molar-refractivity contribution < 1.29 is 16.1 Å². The van der Waals surface area contributed by atoms with Crippen LogP contribution in [0.4, 0.5) is 11.5 Å². The van der Waals surface area contributed by atoms with E-state index in [1.54, 1.807) is 66.0 Å². The number of aromatic hydroxyl groups is 1. The van der Waals surface area contributed by atoms with Crippen LogP contribution in [0.3, 0.4) is 0 Å². The quantitative estimate of drug-likeness (QED) is 0.246. The predicted octanol–water partition coefficient (Wildman–Crippen LogP) is 5.66. The first kappa shape index (κ1) is 26.8. The number of phenols is 1. The number of nitrogens with zero attached hydrogens (tertiary/aromatic N) is 2. The molecular formula is C28H26ClN5O3S. The molecule has 2 aromatic heterocycles. The lowest BCUT2D eigenvalue weighted by Gasteiger charge is -2.15. The number of para-hydroxylation sites is 1. The molecule has 1 aliphatic rings. The molecule has 1 saturated heterocycles. The van der Waals surface area contributed by atoms with Crippen molar-refractivity contribution >= 4 is 47.1 Å². The summed E-state index contributed by atoms with van der Waals surface area (Å²) in [5, 5.41) is 31.3. The molecule has 4 N–H and O–H groups in total. The zero-order valence-electron chi connectivity index (χ0n) is 20.1. The number of halogens is 1. The first-order valence-corrected chi connectivity index (χ1v) is 12.6. The summed E-state index contributed by atoms with van der Waals surface area (Å²) >= 11 is 1.28. The lowest BCUT2D eigenvalue weighted by Crippen LogP contribution is -2.35. The minimum absolute atomic E-state index is 0. The smallest absolute Gasteiger partial charge is 0.266 e. The van der Waals surface area contributed by atoms with E-state index in [-0.39, 0.29) is 48.8 Å². The van der Waals surface area contributed by atoms with Gasteiger partial charge in [-0.15, -0.1) is 23.7 Å². The standard InChI is InChI=1S/C28H23N5O3S.ClH.H2/c29-16-21-20(17-6-3-7-18(14-17)31-27(35)22-9-4-12-30-22)15-23(19-8-1-2-10-24(19)34)32-26(21)33-28(36)25-11-5-13-37-25;;/h1-3,5-8,10-11,13-15,22,30,34H,4,9,12H2,(H,31,35)(H,32,33,36);2*1H/i;;1+1. The summed E-state index contributed by atoms with van der Waals surface area (Å²) in [6.07, 6.45) is 1.74. The summed E-state index contributed by atoms with van der Waals surface area (Å²) in [5.41, 5.74) is 2.76. The molecule has 0 bridgehead atoms. The number of benzene rings is 2. The van der Waals surface area contributed by atoms with E-state index < -0.39 is 0 Å². The largest absolute Gasteiger partial charge is 0.507 e. The molecule has 4 aromatic rings. The maximum Gasteiger partial charge on any atom is 0.266 e. The van der Waals surface area contributed by atoms with Crippen molar-refractivity contribution in [2.45, 2.75) is 18.9 Å². The molecule has 0 radical (unpaired) electrons. The SMILES string of the molecule is Cl.N#Cc1c(-c2cccc(NC(=O)C3CCCN3)c2)cc(-c2ccccc2O)nc1NC(=O)c1cccs1.[2HH]. The Balaban J connectivity index is 0.00000210. The third-order valence-electron chi connectivity index (χ3n) is 6.11. The van der Waals surface area contributed by atoms with E-state index in [1.165, 1.54) is 11.3 Å². The molecule has 3 heterocycles. The van der Waals surface area contributed by atoms with Gasteiger partial charge in [0, 0.05) is 18.2 Å². The first-order valence-electron chi connectivity index (χ1n) is 11.8. The Labute approximate surface area is 231 Å². The number of pyridine rings is 1. The average Bonchev–Trinajstić information content (AvgIpc) is 3.64. The Hall–Kier alpha value is -4.23. The third kappa shape index (κ3) is 5.68. The van der Waals surface area contributed by atoms with Gasteiger partial charge in [0.2, 0.25) is 5.91 Å². The van der Waals surface area contributed by atoms with Crippen molar-refractivity contribution in [1.82, 2.24) is 10.3 Å².